The van der Waals surface area contributed by atoms with Crippen molar-refractivity contribution >= 4 is 17.7 Å². The average molecular weight is 335 g/mol. The summed E-state index contributed by atoms with van der Waals surface area (Å²) in [7, 11) is 0. The molecule has 1 N–H and O–H groups in total. The van der Waals surface area contributed by atoms with E-state index in [1.165, 1.54) is 24.3 Å². The van der Waals surface area contributed by atoms with Gasteiger partial charge in [-0.15, -0.1) is 0 Å². The summed E-state index contributed by atoms with van der Waals surface area (Å²) in [5.74, 6) is 0.0698. The van der Waals surface area contributed by atoms with Crippen molar-refractivity contribution in [3.8, 4) is 5.75 Å². The van der Waals surface area contributed by atoms with Gasteiger partial charge in [0.2, 0.25) is 5.91 Å². The third-order valence-corrected chi connectivity index (χ3v) is 3.09. The third kappa shape index (κ3) is 4.87. The molecule has 0 saturated carbocycles. The zero-order valence-electron chi connectivity index (χ0n) is 12.9. The smallest absolute Gasteiger partial charge is 0.416 e. The highest BCUT2D eigenvalue weighted by Gasteiger charge is 2.30. The fourth-order valence-corrected chi connectivity index (χ4v) is 2.02. The topological polar surface area (TPSA) is 38.3 Å². The molecule has 2 aromatic rings. The third-order valence-electron chi connectivity index (χ3n) is 3.09. The number of benzene rings is 2. The van der Waals surface area contributed by atoms with Crippen LogP contribution in [-0.4, -0.2) is 12.5 Å². The average Bonchev–Trinajstić information content (AvgIpc) is 2.54. The zero-order chi connectivity index (χ0) is 17.6. The molecule has 1 amide bonds. The van der Waals surface area contributed by atoms with E-state index in [0.29, 0.717) is 18.0 Å². The summed E-state index contributed by atoms with van der Waals surface area (Å²) in [6.07, 6.45) is -1.91. The van der Waals surface area contributed by atoms with Crippen molar-refractivity contribution in [2.75, 3.05) is 11.9 Å². The van der Waals surface area contributed by atoms with Gasteiger partial charge in [0.25, 0.3) is 0 Å². The van der Waals surface area contributed by atoms with Crippen LogP contribution in [-0.2, 0) is 11.0 Å². The first-order valence-electron chi connectivity index (χ1n) is 7.28. The van der Waals surface area contributed by atoms with Gasteiger partial charge in [0.15, 0.2) is 0 Å². The molecule has 2 rings (SSSR count). The first-order valence-corrected chi connectivity index (χ1v) is 7.28. The number of rotatable bonds is 5. The molecule has 0 bridgehead atoms. The van der Waals surface area contributed by atoms with Crippen molar-refractivity contribution in [2.45, 2.75) is 13.1 Å². The van der Waals surface area contributed by atoms with Gasteiger partial charge in [-0.2, -0.15) is 13.2 Å². The molecule has 0 fully saturated rings. The number of nitrogens with one attached hydrogen (secondary N) is 1. The highest BCUT2D eigenvalue weighted by atomic mass is 19.4. The zero-order valence-corrected chi connectivity index (χ0v) is 12.9. The van der Waals surface area contributed by atoms with Crippen LogP contribution in [0.3, 0.4) is 0 Å². The number of carbonyl (C=O) groups is 1. The fourth-order valence-electron chi connectivity index (χ4n) is 2.02. The molecule has 24 heavy (non-hydrogen) atoms. The van der Waals surface area contributed by atoms with Crippen molar-refractivity contribution in [1.29, 1.82) is 0 Å². The van der Waals surface area contributed by atoms with Gasteiger partial charge in [-0.1, -0.05) is 24.3 Å². The first-order chi connectivity index (χ1) is 11.4. The Labute approximate surface area is 137 Å². The number of carbonyl (C=O) groups excluding carboxylic acids is 1. The van der Waals surface area contributed by atoms with E-state index >= 15 is 0 Å². The van der Waals surface area contributed by atoms with E-state index in [1.807, 2.05) is 6.92 Å². The molecule has 0 saturated heterocycles. The van der Waals surface area contributed by atoms with Crippen LogP contribution in [0.5, 0.6) is 5.75 Å². The van der Waals surface area contributed by atoms with E-state index in [4.69, 9.17) is 4.74 Å². The van der Waals surface area contributed by atoms with Crippen molar-refractivity contribution in [3.63, 3.8) is 0 Å². The van der Waals surface area contributed by atoms with E-state index in [-0.39, 0.29) is 5.56 Å². The highest BCUT2D eigenvalue weighted by molar-refractivity contribution is 6.02. The fraction of sp³-hybridized carbons (Fsp3) is 0.167. The lowest BCUT2D eigenvalue weighted by atomic mass is 10.1. The standard InChI is InChI=1S/C18H16F3NO2/c1-2-24-16-9-4-3-8-15(16)22-17(23)11-10-13-6-5-7-14(12-13)18(19,20)21/h3-12H,2H2,1H3,(H,22,23)/b11-10+. The van der Waals surface area contributed by atoms with Gasteiger partial charge in [-0.05, 0) is 42.8 Å². The minimum Gasteiger partial charge on any atom is -0.492 e. The number of halogens is 3. The van der Waals surface area contributed by atoms with E-state index in [1.54, 1.807) is 24.3 Å². The monoisotopic (exact) mass is 335 g/mol. The summed E-state index contributed by atoms with van der Waals surface area (Å²) in [6, 6.07) is 11.7. The van der Waals surface area contributed by atoms with Crippen molar-refractivity contribution < 1.29 is 22.7 Å². The summed E-state index contributed by atoms with van der Waals surface area (Å²) < 4.78 is 43.4. The number of hydrogen-bond donors (Lipinski definition) is 1. The summed E-state index contributed by atoms with van der Waals surface area (Å²) >= 11 is 0. The molecule has 0 radical (unpaired) electrons. The van der Waals surface area contributed by atoms with Crippen molar-refractivity contribution in [3.05, 3.63) is 65.7 Å². The summed E-state index contributed by atoms with van der Waals surface area (Å²) in [5.41, 5.74) is 0.0304. The molecule has 0 heterocycles. The molecule has 126 valence electrons. The summed E-state index contributed by atoms with van der Waals surface area (Å²) in [5, 5.41) is 2.64. The Morgan fingerprint density at radius 2 is 1.92 bits per heavy atom. The largest absolute Gasteiger partial charge is 0.492 e. The van der Waals surface area contributed by atoms with Gasteiger partial charge in [-0.25, -0.2) is 0 Å². The highest BCUT2D eigenvalue weighted by Crippen LogP contribution is 2.29. The predicted octanol–water partition coefficient (Wildman–Crippen LogP) is 4.76. The van der Waals surface area contributed by atoms with Crippen LogP contribution in [0, 0.1) is 0 Å². The van der Waals surface area contributed by atoms with Gasteiger partial charge in [-0.3, -0.25) is 4.79 Å². The molecule has 0 spiro atoms. The van der Waals surface area contributed by atoms with Crippen LogP contribution >= 0.6 is 0 Å². The molecule has 0 aromatic heterocycles. The second-order valence-electron chi connectivity index (χ2n) is 4.87. The predicted molar refractivity (Wildman–Crippen MR) is 86.7 cm³/mol. The number of para-hydroxylation sites is 2. The molecule has 0 aliphatic rings. The maximum Gasteiger partial charge on any atom is 0.416 e. The number of amides is 1. The van der Waals surface area contributed by atoms with E-state index in [0.717, 1.165) is 12.1 Å². The van der Waals surface area contributed by atoms with Crippen LogP contribution in [0.1, 0.15) is 18.1 Å². The molecule has 0 unspecified atom stereocenters. The number of alkyl halides is 3. The van der Waals surface area contributed by atoms with Gasteiger partial charge < -0.3 is 10.1 Å². The van der Waals surface area contributed by atoms with Crippen LogP contribution in [0.2, 0.25) is 0 Å². The van der Waals surface area contributed by atoms with Crippen molar-refractivity contribution in [2.24, 2.45) is 0 Å². The van der Waals surface area contributed by atoms with E-state index in [2.05, 4.69) is 5.32 Å². The lowest BCUT2D eigenvalue weighted by Gasteiger charge is -2.09. The van der Waals surface area contributed by atoms with Crippen molar-refractivity contribution in [1.82, 2.24) is 0 Å². The Morgan fingerprint density at radius 3 is 2.62 bits per heavy atom. The molecular weight excluding hydrogens is 319 g/mol. The lowest BCUT2D eigenvalue weighted by Crippen LogP contribution is -2.09. The maximum absolute atomic E-state index is 12.7. The van der Waals surface area contributed by atoms with Gasteiger partial charge in [0, 0.05) is 6.08 Å². The number of anilines is 1. The Balaban J connectivity index is 2.09. The second-order valence-corrected chi connectivity index (χ2v) is 4.87. The Hall–Kier alpha value is -2.76. The summed E-state index contributed by atoms with van der Waals surface area (Å²) in [4.78, 5) is 11.9. The molecule has 6 heteroatoms. The SMILES string of the molecule is CCOc1ccccc1NC(=O)/C=C/c1cccc(C(F)(F)F)c1. The molecule has 0 aliphatic carbocycles. The quantitative estimate of drug-likeness (QED) is 0.800. The molecule has 3 nitrogen and oxygen atoms in total. The molecule has 0 atom stereocenters. The van der Waals surface area contributed by atoms with Crippen LogP contribution in [0.15, 0.2) is 54.6 Å². The van der Waals surface area contributed by atoms with Gasteiger partial charge >= 0.3 is 6.18 Å². The minimum atomic E-state index is -4.41. The molecular formula is C18H16F3NO2. The lowest BCUT2D eigenvalue weighted by molar-refractivity contribution is -0.137. The minimum absolute atomic E-state index is 0.290. The van der Waals surface area contributed by atoms with E-state index in [9.17, 15) is 18.0 Å². The van der Waals surface area contributed by atoms with Crippen LogP contribution in [0.25, 0.3) is 6.08 Å². The Bertz CT molecular complexity index is 739. The number of ether oxygens (including phenoxy) is 1. The normalized spacial score (nSPS) is 11.5. The van der Waals surface area contributed by atoms with Gasteiger partial charge in [0.05, 0.1) is 17.9 Å². The number of hydrogen-bond acceptors (Lipinski definition) is 2. The van der Waals surface area contributed by atoms with Crippen LogP contribution in [0.4, 0.5) is 18.9 Å². The molecule has 2 aromatic carbocycles. The van der Waals surface area contributed by atoms with E-state index < -0.39 is 17.6 Å². The maximum atomic E-state index is 12.7. The second kappa shape index (κ2) is 7.68. The first kappa shape index (κ1) is 17.6. The summed E-state index contributed by atoms with van der Waals surface area (Å²) in [6.45, 7) is 2.28. The Morgan fingerprint density at radius 1 is 1.17 bits per heavy atom. The van der Waals surface area contributed by atoms with Gasteiger partial charge in [0.1, 0.15) is 5.75 Å². The molecule has 0 aliphatic heterocycles. The Kier molecular flexibility index (Phi) is 5.63. The van der Waals surface area contributed by atoms with Crippen LogP contribution < -0.4 is 10.1 Å².